The Bertz CT molecular complexity index is 1280. The average Bonchev–Trinajstić information content (AvgIpc) is 3.70. The zero-order valence-corrected chi connectivity index (χ0v) is 24.7. The van der Waals surface area contributed by atoms with Gasteiger partial charge in [-0.15, -0.1) is 0 Å². The van der Waals surface area contributed by atoms with E-state index in [-0.39, 0.29) is 24.7 Å². The molecular formula is C26H37BN2O8SSi. The van der Waals surface area contributed by atoms with Crippen LogP contribution in [-0.4, -0.2) is 76.1 Å². The van der Waals surface area contributed by atoms with Crippen LogP contribution in [0.5, 0.6) is 0 Å². The largest absolute Gasteiger partial charge is 0.488 e. The lowest BCUT2D eigenvalue weighted by Gasteiger charge is -2.21. The Hall–Kier alpha value is -2.71. The second-order valence-electron chi connectivity index (χ2n) is 11.0. The minimum Gasteiger partial charge on any atom is -0.450 e. The molecule has 2 aromatic carbocycles. The summed E-state index contributed by atoms with van der Waals surface area (Å²) in [5, 5.41) is 20.9. The number of benzene rings is 2. The van der Waals surface area contributed by atoms with E-state index >= 15 is 0 Å². The summed E-state index contributed by atoms with van der Waals surface area (Å²) in [5.41, 5.74) is 1.76. The van der Waals surface area contributed by atoms with Crippen LogP contribution >= 0.6 is 0 Å². The number of hydrogen-bond acceptors (Lipinski definition) is 8. The highest BCUT2D eigenvalue weighted by Gasteiger charge is 2.38. The molecule has 13 heteroatoms. The number of carbonyl (C=O) groups is 2. The third kappa shape index (κ3) is 9.46. The standard InChI is InChI=1S/C26H37BN2O8SSi/c1-29(26(31)37-12-13-39(2,3)4)16-20-15-22(8-11-24(20)38(34,35)23-9-10-23)28-25(30)18-36-17-19-6-5-7-21(14-19)27(32)33/h5-8,11,14-15,23,32-33H,9-10,12-13,16-18H2,1-4H3,(H,28,30). The number of amides is 2. The van der Waals surface area contributed by atoms with Crippen molar-refractivity contribution in [1.29, 1.82) is 0 Å². The fourth-order valence-electron chi connectivity index (χ4n) is 3.79. The second kappa shape index (κ2) is 13.1. The Morgan fingerprint density at radius 1 is 1.13 bits per heavy atom. The lowest BCUT2D eigenvalue weighted by atomic mass is 9.80. The van der Waals surface area contributed by atoms with Crippen molar-refractivity contribution in [2.24, 2.45) is 0 Å². The molecule has 0 aliphatic heterocycles. The summed E-state index contributed by atoms with van der Waals surface area (Å²) < 4.78 is 37.0. The molecule has 212 valence electrons. The molecule has 0 saturated heterocycles. The SMILES string of the molecule is CN(Cc1cc(NC(=O)COCc2cccc(B(O)O)c2)ccc1S(=O)(=O)C1CC1)C(=O)OCC[Si](C)(C)C. The molecule has 0 aromatic heterocycles. The molecular weight excluding hydrogens is 539 g/mol. The first-order valence-corrected chi connectivity index (χ1v) is 18.1. The molecule has 0 atom stereocenters. The number of carbonyl (C=O) groups excluding carboxylic acids is 2. The second-order valence-corrected chi connectivity index (χ2v) is 18.8. The molecule has 1 saturated carbocycles. The van der Waals surface area contributed by atoms with Gasteiger partial charge in [0.15, 0.2) is 9.84 Å². The average molecular weight is 577 g/mol. The maximum Gasteiger partial charge on any atom is 0.488 e. The van der Waals surface area contributed by atoms with E-state index < -0.39 is 42.3 Å². The minimum atomic E-state index is -3.55. The summed E-state index contributed by atoms with van der Waals surface area (Å²) in [6.07, 6.45) is 0.669. The van der Waals surface area contributed by atoms with Crippen molar-refractivity contribution in [2.45, 2.75) is 61.8 Å². The van der Waals surface area contributed by atoms with Crippen LogP contribution in [0.3, 0.4) is 0 Å². The number of sulfone groups is 1. The molecule has 0 bridgehead atoms. The van der Waals surface area contributed by atoms with Crippen LogP contribution in [0, 0.1) is 0 Å². The van der Waals surface area contributed by atoms with E-state index in [0.29, 0.717) is 41.7 Å². The van der Waals surface area contributed by atoms with Gasteiger partial charge in [0.25, 0.3) is 0 Å². The third-order valence-electron chi connectivity index (χ3n) is 6.16. The Kier molecular flexibility index (Phi) is 10.4. The van der Waals surface area contributed by atoms with Crippen LogP contribution in [0.2, 0.25) is 25.7 Å². The van der Waals surface area contributed by atoms with Crippen LogP contribution in [0.15, 0.2) is 47.4 Å². The lowest BCUT2D eigenvalue weighted by Crippen LogP contribution is -2.30. The van der Waals surface area contributed by atoms with Crippen molar-refractivity contribution in [3.05, 3.63) is 53.6 Å². The minimum absolute atomic E-state index is 0.000320. The first kappa shape index (κ1) is 30.8. The Morgan fingerprint density at radius 3 is 2.49 bits per heavy atom. The molecule has 2 aromatic rings. The normalized spacial score (nSPS) is 13.6. The van der Waals surface area contributed by atoms with E-state index in [9.17, 15) is 28.1 Å². The topological polar surface area (TPSA) is 142 Å². The van der Waals surface area contributed by atoms with E-state index in [4.69, 9.17) is 9.47 Å². The summed E-state index contributed by atoms with van der Waals surface area (Å²) in [5.74, 6) is -0.448. The fourth-order valence-corrected chi connectivity index (χ4v) is 6.37. The first-order chi connectivity index (χ1) is 18.3. The van der Waals surface area contributed by atoms with Gasteiger partial charge in [0.1, 0.15) is 6.61 Å². The molecule has 1 aliphatic rings. The molecule has 3 N–H and O–H groups in total. The quantitative estimate of drug-likeness (QED) is 0.309. The predicted octanol–water partition coefficient (Wildman–Crippen LogP) is 2.36. The zero-order valence-electron chi connectivity index (χ0n) is 22.8. The number of nitrogens with one attached hydrogen (secondary N) is 1. The number of anilines is 1. The van der Waals surface area contributed by atoms with Gasteiger partial charge in [-0.3, -0.25) is 4.79 Å². The van der Waals surface area contributed by atoms with Gasteiger partial charge >= 0.3 is 13.2 Å². The Balaban J connectivity index is 1.66. The fraction of sp³-hybridized carbons (Fsp3) is 0.462. The smallest absolute Gasteiger partial charge is 0.450 e. The monoisotopic (exact) mass is 576 g/mol. The molecule has 1 aliphatic carbocycles. The number of nitrogens with zero attached hydrogens (tertiary/aromatic N) is 1. The van der Waals surface area contributed by atoms with Gasteiger partial charge in [-0.2, -0.15) is 0 Å². The van der Waals surface area contributed by atoms with E-state index in [2.05, 4.69) is 25.0 Å². The van der Waals surface area contributed by atoms with Crippen molar-refractivity contribution in [3.8, 4) is 0 Å². The Labute approximate surface area is 231 Å². The lowest BCUT2D eigenvalue weighted by molar-refractivity contribution is -0.121. The van der Waals surface area contributed by atoms with E-state index in [1.54, 1.807) is 37.4 Å². The van der Waals surface area contributed by atoms with Gasteiger partial charge in [-0.05, 0) is 53.7 Å². The number of ether oxygens (including phenoxy) is 2. The van der Waals surface area contributed by atoms with Crippen LogP contribution in [0.4, 0.5) is 10.5 Å². The highest BCUT2D eigenvalue weighted by molar-refractivity contribution is 7.92. The Morgan fingerprint density at radius 2 is 1.85 bits per heavy atom. The van der Waals surface area contributed by atoms with Crippen molar-refractivity contribution in [2.75, 3.05) is 25.6 Å². The highest BCUT2D eigenvalue weighted by Crippen LogP contribution is 2.36. The van der Waals surface area contributed by atoms with Crippen molar-refractivity contribution < 1.29 is 37.5 Å². The molecule has 2 amide bonds. The molecule has 0 spiro atoms. The molecule has 0 radical (unpaired) electrons. The van der Waals surface area contributed by atoms with Gasteiger partial charge in [0.05, 0.1) is 29.9 Å². The summed E-state index contributed by atoms with van der Waals surface area (Å²) in [6, 6.07) is 11.9. The van der Waals surface area contributed by atoms with Gasteiger partial charge in [-0.1, -0.05) is 43.9 Å². The summed E-state index contributed by atoms with van der Waals surface area (Å²) in [4.78, 5) is 26.5. The van der Waals surface area contributed by atoms with Crippen LogP contribution in [-0.2, 0) is 37.3 Å². The first-order valence-electron chi connectivity index (χ1n) is 12.8. The van der Waals surface area contributed by atoms with Crippen molar-refractivity contribution in [3.63, 3.8) is 0 Å². The van der Waals surface area contributed by atoms with Crippen LogP contribution in [0.1, 0.15) is 24.0 Å². The summed E-state index contributed by atoms with van der Waals surface area (Å²) >= 11 is 0. The number of rotatable bonds is 13. The summed E-state index contributed by atoms with van der Waals surface area (Å²) in [6.45, 7) is 6.68. The summed E-state index contributed by atoms with van der Waals surface area (Å²) in [7, 11) is -4.97. The maximum absolute atomic E-state index is 13.1. The molecule has 0 unspecified atom stereocenters. The predicted molar refractivity (Wildman–Crippen MR) is 152 cm³/mol. The van der Waals surface area contributed by atoms with E-state index in [0.717, 1.165) is 6.04 Å². The van der Waals surface area contributed by atoms with Crippen LogP contribution < -0.4 is 10.8 Å². The van der Waals surface area contributed by atoms with Gasteiger partial charge in [0.2, 0.25) is 5.91 Å². The van der Waals surface area contributed by atoms with Gasteiger partial charge in [-0.25, -0.2) is 13.2 Å². The van der Waals surface area contributed by atoms with Crippen LogP contribution in [0.25, 0.3) is 0 Å². The molecule has 3 rings (SSSR count). The zero-order chi connectivity index (χ0) is 28.8. The van der Waals surface area contributed by atoms with Gasteiger partial charge < -0.3 is 29.7 Å². The molecule has 39 heavy (non-hydrogen) atoms. The molecule has 1 fully saturated rings. The molecule has 0 heterocycles. The van der Waals surface area contributed by atoms with E-state index in [1.807, 2.05) is 0 Å². The highest BCUT2D eigenvalue weighted by atomic mass is 32.2. The van der Waals surface area contributed by atoms with E-state index in [1.165, 1.54) is 17.0 Å². The number of hydrogen-bond donors (Lipinski definition) is 3. The maximum atomic E-state index is 13.1. The molecule has 10 nitrogen and oxygen atoms in total. The van der Waals surface area contributed by atoms with Crippen molar-refractivity contribution >= 4 is 48.2 Å². The van der Waals surface area contributed by atoms with Gasteiger partial charge in [0, 0.05) is 20.8 Å². The van der Waals surface area contributed by atoms with Crippen molar-refractivity contribution in [1.82, 2.24) is 4.90 Å². The third-order valence-corrected chi connectivity index (χ3v) is 10.2.